The number of hydrogen-bond donors (Lipinski definition) is 1. The van der Waals surface area contributed by atoms with E-state index < -0.39 is 0 Å². The van der Waals surface area contributed by atoms with Gasteiger partial charge in [0.2, 0.25) is 0 Å². The lowest BCUT2D eigenvalue weighted by atomic mass is 9.95. The average molecular weight is 258 g/mol. The summed E-state index contributed by atoms with van der Waals surface area (Å²) in [7, 11) is 0. The summed E-state index contributed by atoms with van der Waals surface area (Å²) in [5, 5.41) is 3.35. The predicted molar refractivity (Wildman–Crippen MR) is 73.1 cm³/mol. The van der Waals surface area contributed by atoms with Gasteiger partial charge in [-0.05, 0) is 11.6 Å². The molecule has 3 rings (SSSR count). The molecular weight excluding hydrogens is 244 g/mol. The number of hydrogen-bond acceptors (Lipinski definition) is 4. The maximum Gasteiger partial charge on any atom is 0.138 e. The second-order valence-electron chi connectivity index (χ2n) is 4.55. The molecule has 0 fully saturated rings. The van der Waals surface area contributed by atoms with Crippen molar-refractivity contribution in [2.45, 2.75) is 18.8 Å². The van der Waals surface area contributed by atoms with Crippen LogP contribution in [0.4, 0.5) is 5.69 Å². The Labute approximate surface area is 110 Å². The number of rotatable bonds is 4. The highest BCUT2D eigenvalue weighted by atomic mass is 32.1. The molecule has 1 aliphatic heterocycles. The highest BCUT2D eigenvalue weighted by Gasteiger charge is 2.23. The van der Waals surface area contributed by atoms with Crippen LogP contribution < -0.4 is 5.32 Å². The molecule has 0 bridgehead atoms. The van der Waals surface area contributed by atoms with Crippen LogP contribution in [0.3, 0.4) is 0 Å². The minimum absolute atomic E-state index is 0.294. The van der Waals surface area contributed by atoms with E-state index in [1.165, 1.54) is 11.3 Å². The minimum atomic E-state index is 0.294. The number of nitrogens with zero attached hydrogens (tertiary/aromatic N) is 1. The van der Waals surface area contributed by atoms with E-state index in [0.717, 1.165) is 11.4 Å². The van der Waals surface area contributed by atoms with E-state index in [1.807, 2.05) is 12.1 Å². The summed E-state index contributed by atoms with van der Waals surface area (Å²) in [5.74, 6) is 0.615. The van der Waals surface area contributed by atoms with Gasteiger partial charge in [-0.25, -0.2) is 0 Å². The largest absolute Gasteiger partial charge is 0.384 e. The fraction of sp³-hybridized carbons (Fsp3) is 0.286. The quantitative estimate of drug-likeness (QED) is 0.917. The zero-order chi connectivity index (χ0) is 12.4. The minimum Gasteiger partial charge on any atom is -0.384 e. The van der Waals surface area contributed by atoms with E-state index in [-0.39, 0.29) is 0 Å². The molecule has 1 unspecified atom stereocenters. The third-order valence-corrected chi connectivity index (χ3v) is 4.05. The smallest absolute Gasteiger partial charge is 0.138 e. The number of thiazole rings is 1. The molecule has 1 aliphatic rings. The van der Waals surface area contributed by atoms with Gasteiger partial charge in [0.05, 0.1) is 5.51 Å². The Balaban J connectivity index is 1.66. The lowest BCUT2D eigenvalue weighted by Gasteiger charge is -2.08. The number of nitrogens with one attached hydrogen (secondary N) is 1. The third-order valence-electron chi connectivity index (χ3n) is 3.27. The Kier molecular flexibility index (Phi) is 3.11. The first-order valence-corrected chi connectivity index (χ1v) is 6.93. The highest BCUT2D eigenvalue weighted by Crippen LogP contribution is 2.33. The number of para-hydroxylation sites is 1. The first kappa shape index (κ1) is 11.4. The predicted octanol–water partition coefficient (Wildman–Crippen LogP) is 2.85. The molecule has 1 aromatic heterocycles. The van der Waals surface area contributed by atoms with Crippen molar-refractivity contribution >= 4 is 22.8 Å². The van der Waals surface area contributed by atoms with Gasteiger partial charge in [-0.2, -0.15) is 0 Å². The molecule has 2 heterocycles. The summed E-state index contributed by atoms with van der Waals surface area (Å²) >= 11 is 1.55. The molecule has 0 saturated carbocycles. The Hall–Kier alpha value is -1.68. The Morgan fingerprint density at radius 1 is 1.44 bits per heavy atom. The summed E-state index contributed by atoms with van der Waals surface area (Å²) in [6, 6.07) is 8.24. The highest BCUT2D eigenvalue weighted by molar-refractivity contribution is 7.09. The van der Waals surface area contributed by atoms with Crippen LogP contribution in [0.2, 0.25) is 0 Å². The molecule has 2 aromatic rings. The molecule has 1 N–H and O–H groups in total. The molecule has 1 atom stereocenters. The molecule has 3 nitrogen and oxygen atoms in total. The van der Waals surface area contributed by atoms with Crippen molar-refractivity contribution in [1.29, 1.82) is 0 Å². The van der Waals surface area contributed by atoms with Gasteiger partial charge in [0, 0.05) is 42.1 Å². The van der Waals surface area contributed by atoms with Gasteiger partial charge < -0.3 is 5.32 Å². The molecule has 1 aromatic carbocycles. The Morgan fingerprint density at radius 3 is 3.17 bits per heavy atom. The van der Waals surface area contributed by atoms with E-state index >= 15 is 0 Å². The summed E-state index contributed by atoms with van der Waals surface area (Å²) in [4.78, 5) is 17.1. The van der Waals surface area contributed by atoms with Gasteiger partial charge in [-0.3, -0.25) is 9.78 Å². The maximum absolute atomic E-state index is 12.0. The number of carbonyl (C=O) groups is 1. The summed E-state index contributed by atoms with van der Waals surface area (Å²) in [6.07, 6.45) is 2.91. The first-order valence-electron chi connectivity index (χ1n) is 6.05. The lowest BCUT2D eigenvalue weighted by molar-refractivity contribution is -0.118. The van der Waals surface area contributed by atoms with Crippen molar-refractivity contribution in [1.82, 2.24) is 4.98 Å². The molecular formula is C14H14N2OS. The fourth-order valence-corrected chi connectivity index (χ4v) is 3.03. The molecule has 0 saturated heterocycles. The zero-order valence-electron chi connectivity index (χ0n) is 9.93. The van der Waals surface area contributed by atoms with Gasteiger partial charge in [0.1, 0.15) is 5.78 Å². The van der Waals surface area contributed by atoms with Crippen LogP contribution in [-0.2, 0) is 11.2 Å². The van der Waals surface area contributed by atoms with Crippen molar-refractivity contribution in [3.8, 4) is 0 Å². The fourth-order valence-electron chi connectivity index (χ4n) is 2.41. The van der Waals surface area contributed by atoms with Gasteiger partial charge in [-0.15, -0.1) is 11.3 Å². The number of aromatic nitrogens is 1. The van der Waals surface area contributed by atoms with Crippen LogP contribution in [0.5, 0.6) is 0 Å². The third kappa shape index (κ3) is 2.29. The maximum atomic E-state index is 12.0. The number of Topliss-reactive ketones (excluding diaryl/α,β-unsaturated/α-hetero) is 1. The number of fused-ring (bicyclic) bond motifs is 1. The van der Waals surface area contributed by atoms with E-state index in [2.05, 4.69) is 22.4 Å². The van der Waals surface area contributed by atoms with Crippen molar-refractivity contribution in [2.75, 3.05) is 11.9 Å². The topological polar surface area (TPSA) is 42.0 Å². The SMILES string of the molecule is O=C(Cc1cncs1)CC1CNc2ccccc21. The second-order valence-corrected chi connectivity index (χ2v) is 5.52. The second kappa shape index (κ2) is 4.90. The molecule has 0 radical (unpaired) electrons. The van der Waals surface area contributed by atoms with Gasteiger partial charge in [0.25, 0.3) is 0 Å². The molecule has 4 heteroatoms. The van der Waals surface area contributed by atoms with Gasteiger partial charge in [0.15, 0.2) is 0 Å². The first-order chi connectivity index (χ1) is 8.83. The molecule has 18 heavy (non-hydrogen) atoms. The zero-order valence-corrected chi connectivity index (χ0v) is 10.7. The number of carbonyl (C=O) groups excluding carboxylic acids is 1. The van der Waals surface area contributed by atoms with E-state index in [4.69, 9.17) is 0 Å². The molecule has 0 aliphatic carbocycles. The van der Waals surface area contributed by atoms with Crippen molar-refractivity contribution in [2.24, 2.45) is 0 Å². The Bertz CT molecular complexity index is 551. The van der Waals surface area contributed by atoms with Gasteiger partial charge in [-0.1, -0.05) is 18.2 Å². The van der Waals surface area contributed by atoms with E-state index in [1.54, 1.807) is 23.0 Å². The number of anilines is 1. The van der Waals surface area contributed by atoms with Crippen LogP contribution in [0.1, 0.15) is 22.8 Å². The van der Waals surface area contributed by atoms with Crippen LogP contribution >= 0.6 is 11.3 Å². The van der Waals surface area contributed by atoms with Crippen molar-refractivity contribution in [3.63, 3.8) is 0 Å². The molecule has 0 amide bonds. The number of benzene rings is 1. The van der Waals surface area contributed by atoms with E-state index in [9.17, 15) is 4.79 Å². The van der Waals surface area contributed by atoms with Crippen molar-refractivity contribution < 1.29 is 4.79 Å². The molecule has 92 valence electrons. The van der Waals surface area contributed by atoms with Crippen LogP contribution in [-0.4, -0.2) is 17.3 Å². The average Bonchev–Trinajstić information content (AvgIpc) is 3.00. The summed E-state index contributed by atoms with van der Waals surface area (Å²) in [6.45, 7) is 0.869. The monoisotopic (exact) mass is 258 g/mol. The van der Waals surface area contributed by atoms with Crippen molar-refractivity contribution in [3.05, 3.63) is 46.4 Å². The van der Waals surface area contributed by atoms with Crippen LogP contribution in [0.25, 0.3) is 0 Å². The standard InChI is InChI=1S/C14H14N2OS/c17-11(6-12-8-15-9-18-12)5-10-7-16-14-4-2-1-3-13(10)14/h1-4,8-10,16H,5-7H2. The van der Waals surface area contributed by atoms with E-state index in [0.29, 0.717) is 24.5 Å². The van der Waals surface area contributed by atoms with Crippen LogP contribution in [0, 0.1) is 0 Å². The van der Waals surface area contributed by atoms with Crippen LogP contribution in [0.15, 0.2) is 36.0 Å². The molecule has 0 spiro atoms. The van der Waals surface area contributed by atoms with Gasteiger partial charge >= 0.3 is 0 Å². The normalized spacial score (nSPS) is 17.2. The summed E-state index contributed by atoms with van der Waals surface area (Å²) in [5.41, 5.74) is 4.22. The summed E-state index contributed by atoms with van der Waals surface area (Å²) < 4.78 is 0. The lowest BCUT2D eigenvalue weighted by Crippen LogP contribution is -2.10. The Morgan fingerprint density at radius 2 is 2.33 bits per heavy atom. The number of ketones is 1.